The average molecular weight is 498 g/mol. The monoisotopic (exact) mass is 497 g/mol. The molecule has 0 unspecified atom stereocenters. The van der Waals surface area contributed by atoms with E-state index in [4.69, 9.17) is 21.4 Å². The fourth-order valence-corrected chi connectivity index (χ4v) is 3.45. The molecule has 182 valence electrons. The van der Waals surface area contributed by atoms with E-state index in [1.54, 1.807) is 30.3 Å². The number of amides is 1. The van der Waals surface area contributed by atoms with E-state index in [0.29, 0.717) is 41.1 Å². The first kappa shape index (κ1) is 25.9. The number of halogens is 2. The molecule has 1 N–H and O–H groups in total. The lowest BCUT2D eigenvalue weighted by molar-refractivity contribution is -0.111. The number of carbonyl (C=O) groups excluding carboxylic acids is 1. The molecule has 3 rings (SSSR count). The minimum absolute atomic E-state index is 0.0345. The van der Waals surface area contributed by atoms with Crippen LogP contribution in [0.2, 0.25) is 0 Å². The molecule has 0 spiro atoms. The van der Waals surface area contributed by atoms with E-state index in [0.717, 1.165) is 4.58 Å². The van der Waals surface area contributed by atoms with E-state index in [9.17, 15) is 14.4 Å². The summed E-state index contributed by atoms with van der Waals surface area (Å²) in [5.74, 6) is -0.328. The SMILES string of the molecule is CCOc1cc2ncc(C#N)c(N(Cl)OCc3cccc(F)c3)c2cc1NC(=O)/C=C/CN(C)C. The number of pyridine rings is 1. The predicted molar refractivity (Wildman–Crippen MR) is 133 cm³/mol. The Balaban J connectivity index is 1.98. The standard InChI is InChI=1S/C25H25ClFN5O3/c1-4-34-23-13-21-20(12-22(23)30-24(33)9-6-10-31(2)3)25(18(14-28)15-29-21)32(26)35-16-17-7-5-8-19(27)11-17/h5-9,11-13,15H,4,10,16H2,1-3H3,(H,30,33)/b9-6+. The number of nitrogens with one attached hydrogen (secondary N) is 1. The van der Waals surface area contributed by atoms with Crippen molar-refractivity contribution in [1.82, 2.24) is 9.88 Å². The predicted octanol–water partition coefficient (Wildman–Crippen LogP) is 4.79. The number of nitriles is 1. The zero-order valence-corrected chi connectivity index (χ0v) is 20.3. The van der Waals surface area contributed by atoms with Gasteiger partial charge in [0, 0.05) is 42.0 Å². The Labute approximate surface area is 208 Å². The summed E-state index contributed by atoms with van der Waals surface area (Å²) in [5, 5.41) is 12.9. The quantitative estimate of drug-likeness (QED) is 0.244. The number of fused-ring (bicyclic) bond motifs is 1. The van der Waals surface area contributed by atoms with E-state index in [1.807, 2.05) is 25.9 Å². The molecule has 0 aliphatic carbocycles. The second kappa shape index (κ2) is 12.1. The van der Waals surface area contributed by atoms with Gasteiger partial charge < -0.3 is 15.0 Å². The fraction of sp³-hybridized carbons (Fsp3) is 0.240. The molecule has 1 heterocycles. The maximum absolute atomic E-state index is 13.5. The number of benzene rings is 2. The molecule has 0 radical (unpaired) electrons. The third kappa shape index (κ3) is 6.90. The van der Waals surface area contributed by atoms with Gasteiger partial charge in [-0.3, -0.25) is 14.6 Å². The van der Waals surface area contributed by atoms with Gasteiger partial charge in [0.15, 0.2) is 0 Å². The topological polar surface area (TPSA) is 90.7 Å². The van der Waals surface area contributed by atoms with E-state index < -0.39 is 5.82 Å². The molecule has 35 heavy (non-hydrogen) atoms. The minimum atomic E-state index is -0.400. The molecule has 0 fully saturated rings. The summed E-state index contributed by atoms with van der Waals surface area (Å²) >= 11 is 6.42. The van der Waals surface area contributed by atoms with E-state index in [2.05, 4.69) is 16.4 Å². The van der Waals surface area contributed by atoms with E-state index in [1.165, 1.54) is 24.4 Å². The van der Waals surface area contributed by atoms with Crippen LogP contribution < -0.4 is 14.6 Å². The van der Waals surface area contributed by atoms with Gasteiger partial charge in [-0.1, -0.05) is 18.2 Å². The van der Waals surface area contributed by atoms with Crippen molar-refractivity contribution < 1.29 is 18.8 Å². The highest BCUT2D eigenvalue weighted by molar-refractivity contribution is 6.26. The van der Waals surface area contributed by atoms with Crippen LogP contribution >= 0.6 is 11.8 Å². The lowest BCUT2D eigenvalue weighted by atomic mass is 10.1. The maximum atomic E-state index is 13.5. The van der Waals surface area contributed by atoms with Gasteiger partial charge in [0.25, 0.3) is 0 Å². The van der Waals surface area contributed by atoms with Crippen LogP contribution in [0.15, 0.2) is 54.7 Å². The number of anilines is 2. The van der Waals surface area contributed by atoms with E-state index in [-0.39, 0.29) is 23.8 Å². The van der Waals surface area contributed by atoms with Crippen LogP contribution in [-0.4, -0.2) is 43.0 Å². The smallest absolute Gasteiger partial charge is 0.248 e. The van der Waals surface area contributed by atoms with Gasteiger partial charge in [-0.15, -0.1) is 0 Å². The molecule has 0 saturated carbocycles. The van der Waals surface area contributed by atoms with Crippen LogP contribution in [0.3, 0.4) is 0 Å². The summed E-state index contributed by atoms with van der Waals surface area (Å²) in [4.78, 5) is 24.4. The van der Waals surface area contributed by atoms with Crippen LogP contribution in [-0.2, 0) is 16.2 Å². The number of hydrogen-bond acceptors (Lipinski definition) is 7. The Morgan fingerprint density at radius 3 is 2.80 bits per heavy atom. The number of aromatic nitrogens is 1. The largest absolute Gasteiger partial charge is 0.492 e. The van der Waals surface area contributed by atoms with Gasteiger partial charge in [0.05, 0.1) is 23.4 Å². The van der Waals surface area contributed by atoms with Gasteiger partial charge in [0.1, 0.15) is 29.9 Å². The fourth-order valence-electron chi connectivity index (χ4n) is 3.22. The Bertz CT molecular complexity index is 1280. The van der Waals surface area contributed by atoms with Crippen molar-refractivity contribution in [3.05, 3.63) is 71.7 Å². The summed E-state index contributed by atoms with van der Waals surface area (Å²) < 4.78 is 20.1. The van der Waals surface area contributed by atoms with Gasteiger partial charge in [0.2, 0.25) is 5.91 Å². The molecule has 0 bridgehead atoms. The minimum Gasteiger partial charge on any atom is -0.492 e. The highest BCUT2D eigenvalue weighted by Crippen LogP contribution is 2.37. The Kier molecular flexibility index (Phi) is 8.98. The van der Waals surface area contributed by atoms with Gasteiger partial charge >= 0.3 is 0 Å². The second-order valence-electron chi connectivity index (χ2n) is 7.73. The molecule has 0 aliphatic rings. The Morgan fingerprint density at radius 1 is 1.31 bits per heavy atom. The first-order valence-corrected chi connectivity index (χ1v) is 11.1. The van der Waals surface area contributed by atoms with Crippen molar-refractivity contribution in [2.24, 2.45) is 0 Å². The molecule has 2 aromatic carbocycles. The van der Waals surface area contributed by atoms with Crippen LogP contribution in [0.25, 0.3) is 10.9 Å². The Hall–Kier alpha value is -3.71. The summed E-state index contributed by atoms with van der Waals surface area (Å²) in [5.41, 5.74) is 1.80. The number of rotatable bonds is 10. The molecule has 1 amide bonds. The molecule has 0 saturated heterocycles. The van der Waals surface area contributed by atoms with Crippen molar-refractivity contribution in [3.8, 4) is 11.8 Å². The van der Waals surface area contributed by atoms with Gasteiger partial charge in [-0.05, 0) is 44.8 Å². The molecule has 0 aliphatic heterocycles. The molecule has 3 aromatic rings. The number of carbonyl (C=O) groups is 1. The Morgan fingerprint density at radius 2 is 2.11 bits per heavy atom. The lowest BCUT2D eigenvalue weighted by Crippen LogP contribution is -2.15. The number of nitrogens with zero attached hydrogens (tertiary/aromatic N) is 4. The lowest BCUT2D eigenvalue weighted by Gasteiger charge is -2.20. The van der Waals surface area contributed by atoms with Gasteiger partial charge in [-0.2, -0.15) is 9.84 Å². The van der Waals surface area contributed by atoms with Crippen molar-refractivity contribution >= 4 is 40.0 Å². The third-order valence-electron chi connectivity index (χ3n) is 4.77. The summed E-state index contributed by atoms with van der Waals surface area (Å²) in [7, 11) is 3.79. The van der Waals surface area contributed by atoms with Gasteiger partial charge in [-0.25, -0.2) is 4.39 Å². The van der Waals surface area contributed by atoms with Crippen molar-refractivity contribution in [1.29, 1.82) is 5.26 Å². The molecular weight excluding hydrogens is 473 g/mol. The molecule has 8 nitrogen and oxygen atoms in total. The number of hydrogen-bond donors (Lipinski definition) is 1. The van der Waals surface area contributed by atoms with Crippen LogP contribution in [0.5, 0.6) is 5.75 Å². The second-order valence-corrected chi connectivity index (χ2v) is 8.04. The highest BCUT2D eigenvalue weighted by atomic mass is 35.5. The maximum Gasteiger partial charge on any atom is 0.248 e. The normalized spacial score (nSPS) is 11.1. The molecule has 1 aromatic heterocycles. The first-order chi connectivity index (χ1) is 16.8. The van der Waals surface area contributed by atoms with Crippen molar-refractivity contribution in [2.75, 3.05) is 37.1 Å². The van der Waals surface area contributed by atoms with Crippen LogP contribution in [0.4, 0.5) is 15.8 Å². The first-order valence-electron chi connectivity index (χ1n) is 10.8. The van der Waals surface area contributed by atoms with Crippen molar-refractivity contribution in [3.63, 3.8) is 0 Å². The average Bonchev–Trinajstić information content (AvgIpc) is 2.82. The zero-order chi connectivity index (χ0) is 25.4. The summed E-state index contributed by atoms with van der Waals surface area (Å²) in [6.07, 6.45) is 4.54. The third-order valence-corrected chi connectivity index (χ3v) is 5.03. The molecular formula is C25H25ClFN5O3. The molecule has 0 atom stereocenters. The zero-order valence-electron chi connectivity index (χ0n) is 19.6. The van der Waals surface area contributed by atoms with Crippen LogP contribution in [0.1, 0.15) is 18.1 Å². The summed E-state index contributed by atoms with van der Waals surface area (Å²) in [6, 6.07) is 11.2. The number of likely N-dealkylation sites (N-methyl/N-ethyl adjacent to an activating group) is 1. The number of ether oxygens (including phenoxy) is 1. The van der Waals surface area contributed by atoms with Crippen LogP contribution in [0, 0.1) is 17.1 Å². The summed E-state index contributed by atoms with van der Waals surface area (Å²) in [6.45, 7) is 2.76. The highest BCUT2D eigenvalue weighted by Gasteiger charge is 2.19. The van der Waals surface area contributed by atoms with E-state index >= 15 is 0 Å². The molecule has 10 heteroatoms. The van der Waals surface area contributed by atoms with Crippen molar-refractivity contribution in [2.45, 2.75) is 13.5 Å².